The number of aliphatic hydroxyl groups is 1. The summed E-state index contributed by atoms with van der Waals surface area (Å²) in [6.45, 7) is 2.20. The van der Waals surface area contributed by atoms with Crippen LogP contribution in [0, 0.1) is 6.92 Å². The van der Waals surface area contributed by atoms with Crippen molar-refractivity contribution in [2.24, 2.45) is 0 Å². The van der Waals surface area contributed by atoms with E-state index in [2.05, 4.69) is 25.4 Å². The number of aromatic nitrogens is 6. The quantitative estimate of drug-likeness (QED) is 0.413. The van der Waals surface area contributed by atoms with E-state index in [0.717, 1.165) is 17.4 Å². The number of alkyl halides is 3. The van der Waals surface area contributed by atoms with Gasteiger partial charge in [-0.15, -0.1) is 5.10 Å². The highest BCUT2D eigenvalue weighted by atomic mass is 19.4. The lowest BCUT2D eigenvalue weighted by Gasteiger charge is -2.33. The van der Waals surface area contributed by atoms with E-state index in [1.54, 1.807) is 28.9 Å². The number of rotatable bonds is 4. The molecule has 0 radical (unpaired) electrons. The van der Waals surface area contributed by atoms with Crippen LogP contribution in [0.5, 0.6) is 0 Å². The number of fused-ring (bicyclic) bond motifs is 2. The average molecular weight is 474 g/mol. The van der Waals surface area contributed by atoms with Crippen molar-refractivity contribution in [1.82, 2.24) is 29.1 Å². The van der Waals surface area contributed by atoms with Crippen LogP contribution in [-0.2, 0) is 6.54 Å². The Bertz CT molecular complexity index is 1360. The Morgan fingerprint density at radius 1 is 1.18 bits per heavy atom. The Kier molecular flexibility index (Phi) is 5.15. The molecule has 12 heteroatoms. The van der Waals surface area contributed by atoms with Gasteiger partial charge in [0.25, 0.3) is 0 Å². The molecular weight excluding hydrogens is 449 g/mol. The van der Waals surface area contributed by atoms with Crippen molar-refractivity contribution in [2.45, 2.75) is 63.9 Å². The number of aryl methyl sites for hydroxylation is 1. The average Bonchev–Trinajstić information content (AvgIpc) is 3.30. The third kappa shape index (κ3) is 4.25. The summed E-state index contributed by atoms with van der Waals surface area (Å²) in [4.78, 5) is 13.1. The molecule has 4 heterocycles. The van der Waals surface area contributed by atoms with Crippen molar-refractivity contribution in [2.75, 3.05) is 11.1 Å². The lowest BCUT2D eigenvalue weighted by atomic mass is 9.84. The zero-order valence-electron chi connectivity index (χ0n) is 18.8. The lowest BCUT2D eigenvalue weighted by Crippen LogP contribution is -2.36. The number of nitrogens with two attached hydrogens (primary N) is 1. The summed E-state index contributed by atoms with van der Waals surface area (Å²) >= 11 is 0. The van der Waals surface area contributed by atoms with Gasteiger partial charge in [0, 0.05) is 17.8 Å². The standard InChI is InChI=1S/C22H25F3N8O/c1-12-27-16-4-3-15(29-19(16)32(12)11-22(23,24)25)14-7-10-33-17(14)18(26)30-20(31-33)28-13-5-8-21(2,34)9-6-13/h3-4,7,10,13,34H,5-6,8-9,11H2,1-2H3,(H3,26,28,30,31)/t13-,21-. The highest BCUT2D eigenvalue weighted by Gasteiger charge is 2.31. The van der Waals surface area contributed by atoms with Crippen molar-refractivity contribution in [1.29, 1.82) is 0 Å². The zero-order chi connectivity index (χ0) is 24.3. The van der Waals surface area contributed by atoms with E-state index in [-0.39, 0.29) is 23.3 Å². The van der Waals surface area contributed by atoms with Crippen molar-refractivity contribution in [3.63, 3.8) is 0 Å². The number of nitrogen functional groups attached to an aromatic ring is 1. The van der Waals surface area contributed by atoms with Crippen LogP contribution in [0.4, 0.5) is 24.9 Å². The van der Waals surface area contributed by atoms with Crippen molar-refractivity contribution < 1.29 is 18.3 Å². The van der Waals surface area contributed by atoms with Crippen LogP contribution in [0.3, 0.4) is 0 Å². The molecule has 0 aliphatic heterocycles. The van der Waals surface area contributed by atoms with E-state index in [0.29, 0.717) is 41.1 Å². The Balaban J connectivity index is 1.48. The summed E-state index contributed by atoms with van der Waals surface area (Å²) in [5.41, 5.74) is 7.74. The maximum atomic E-state index is 13.1. The lowest BCUT2D eigenvalue weighted by molar-refractivity contribution is -0.140. The number of pyridine rings is 1. The summed E-state index contributed by atoms with van der Waals surface area (Å²) < 4.78 is 41.9. The van der Waals surface area contributed by atoms with Gasteiger partial charge in [-0.1, -0.05) is 0 Å². The fourth-order valence-corrected chi connectivity index (χ4v) is 4.52. The van der Waals surface area contributed by atoms with Gasteiger partial charge >= 0.3 is 6.18 Å². The molecule has 0 aromatic carbocycles. The van der Waals surface area contributed by atoms with Crippen LogP contribution in [0.1, 0.15) is 38.4 Å². The smallest absolute Gasteiger partial charge is 0.390 e. The first-order chi connectivity index (χ1) is 16.0. The van der Waals surface area contributed by atoms with Gasteiger partial charge in [-0.05, 0) is 57.7 Å². The number of nitrogens with zero attached hydrogens (tertiary/aromatic N) is 6. The van der Waals surface area contributed by atoms with Gasteiger partial charge < -0.3 is 20.7 Å². The van der Waals surface area contributed by atoms with Crippen LogP contribution in [0.25, 0.3) is 27.9 Å². The molecule has 1 aliphatic carbocycles. The third-order valence-corrected chi connectivity index (χ3v) is 6.33. The second kappa shape index (κ2) is 7.83. The second-order valence-electron chi connectivity index (χ2n) is 9.16. The van der Waals surface area contributed by atoms with Crippen LogP contribution in [0.15, 0.2) is 24.4 Å². The minimum atomic E-state index is -4.39. The molecular formula is C22H25F3N8O. The minimum absolute atomic E-state index is 0.133. The first kappa shape index (κ1) is 22.4. The molecule has 0 atom stereocenters. The SMILES string of the molecule is Cc1nc2ccc(-c3ccn4nc(N[C@H]5CC[C@](C)(O)CC5)nc(N)c34)nc2n1CC(F)(F)F. The third-order valence-electron chi connectivity index (χ3n) is 6.33. The predicted molar refractivity (Wildman–Crippen MR) is 121 cm³/mol. The number of halogens is 3. The first-order valence-electron chi connectivity index (χ1n) is 11.0. The molecule has 180 valence electrons. The normalized spacial score (nSPS) is 21.4. The predicted octanol–water partition coefficient (Wildman–Crippen LogP) is 3.70. The largest absolute Gasteiger partial charge is 0.406 e. The molecule has 0 amide bonds. The van der Waals surface area contributed by atoms with Gasteiger partial charge in [0.2, 0.25) is 5.95 Å². The molecule has 1 saturated carbocycles. The summed E-state index contributed by atoms with van der Waals surface area (Å²) in [7, 11) is 0. The molecule has 0 spiro atoms. The molecule has 4 aromatic heterocycles. The van der Waals surface area contributed by atoms with E-state index in [1.807, 2.05) is 6.92 Å². The van der Waals surface area contributed by atoms with Crippen LogP contribution >= 0.6 is 0 Å². The maximum Gasteiger partial charge on any atom is 0.406 e. The molecule has 0 saturated heterocycles. The van der Waals surface area contributed by atoms with Gasteiger partial charge in [0.1, 0.15) is 23.4 Å². The van der Waals surface area contributed by atoms with E-state index >= 15 is 0 Å². The van der Waals surface area contributed by atoms with Crippen LogP contribution in [0.2, 0.25) is 0 Å². The Labute approximate surface area is 192 Å². The molecule has 0 unspecified atom stereocenters. The first-order valence-corrected chi connectivity index (χ1v) is 11.0. The highest BCUT2D eigenvalue weighted by molar-refractivity contribution is 5.88. The number of hydrogen-bond acceptors (Lipinski definition) is 7. The molecule has 4 aromatic rings. The molecule has 4 N–H and O–H groups in total. The topological polar surface area (TPSA) is 119 Å². The number of hydrogen-bond donors (Lipinski definition) is 3. The van der Waals surface area contributed by atoms with Gasteiger partial charge in [0.05, 0.1) is 11.3 Å². The van der Waals surface area contributed by atoms with Crippen molar-refractivity contribution in [3.8, 4) is 11.3 Å². The fourth-order valence-electron chi connectivity index (χ4n) is 4.52. The molecule has 1 aliphatic rings. The highest BCUT2D eigenvalue weighted by Crippen LogP contribution is 2.32. The van der Waals surface area contributed by atoms with E-state index in [4.69, 9.17) is 5.73 Å². The fraction of sp³-hybridized carbons (Fsp3) is 0.455. The Morgan fingerprint density at radius 2 is 1.91 bits per heavy atom. The van der Waals surface area contributed by atoms with Crippen molar-refractivity contribution in [3.05, 3.63) is 30.2 Å². The molecule has 0 bridgehead atoms. The number of anilines is 2. The summed E-state index contributed by atoms with van der Waals surface area (Å²) in [5, 5.41) is 17.9. The summed E-state index contributed by atoms with van der Waals surface area (Å²) in [5.74, 6) is 0.838. The molecule has 5 rings (SSSR count). The summed E-state index contributed by atoms with van der Waals surface area (Å²) in [6, 6.07) is 5.23. The van der Waals surface area contributed by atoms with Crippen molar-refractivity contribution >= 4 is 28.4 Å². The minimum Gasteiger partial charge on any atom is -0.390 e. The maximum absolute atomic E-state index is 13.1. The van der Waals surface area contributed by atoms with Gasteiger partial charge in [-0.3, -0.25) is 0 Å². The van der Waals surface area contributed by atoms with Gasteiger partial charge in [0.15, 0.2) is 11.5 Å². The van der Waals surface area contributed by atoms with Crippen LogP contribution < -0.4 is 11.1 Å². The molecule has 1 fully saturated rings. The zero-order valence-corrected chi connectivity index (χ0v) is 18.8. The number of imidazole rings is 1. The Morgan fingerprint density at radius 3 is 2.62 bits per heavy atom. The van der Waals surface area contributed by atoms with E-state index in [9.17, 15) is 18.3 Å². The monoisotopic (exact) mass is 474 g/mol. The van der Waals surface area contributed by atoms with Crippen LogP contribution in [-0.4, -0.2) is 52.1 Å². The van der Waals surface area contributed by atoms with Gasteiger partial charge in [-0.25, -0.2) is 14.5 Å². The van der Waals surface area contributed by atoms with E-state index < -0.39 is 18.3 Å². The second-order valence-corrected chi connectivity index (χ2v) is 9.16. The summed E-state index contributed by atoms with van der Waals surface area (Å²) in [6.07, 6.45) is 0.280. The molecule has 34 heavy (non-hydrogen) atoms. The van der Waals surface area contributed by atoms with Gasteiger partial charge in [-0.2, -0.15) is 18.2 Å². The number of nitrogens with one attached hydrogen (secondary N) is 1. The Hall–Kier alpha value is -3.41. The molecule has 9 nitrogen and oxygen atoms in total. The van der Waals surface area contributed by atoms with E-state index in [1.165, 1.54) is 6.92 Å².